The molecule has 0 aliphatic heterocycles. The van der Waals surface area contributed by atoms with Crippen molar-refractivity contribution in [1.29, 1.82) is 0 Å². The summed E-state index contributed by atoms with van der Waals surface area (Å²) < 4.78 is 15.5. The Bertz CT molecular complexity index is 1240. The number of benzene rings is 2. The van der Waals surface area contributed by atoms with Crippen LogP contribution in [0.1, 0.15) is 36.6 Å². The molecule has 0 saturated carbocycles. The number of carbonyl (C=O) groups is 1. The molecule has 0 N–H and O–H groups in total. The summed E-state index contributed by atoms with van der Waals surface area (Å²) in [7, 11) is 0. The molecule has 0 bridgehead atoms. The van der Waals surface area contributed by atoms with Gasteiger partial charge < -0.3 is 0 Å². The molecule has 0 aliphatic carbocycles. The van der Waals surface area contributed by atoms with E-state index >= 15 is 0 Å². The summed E-state index contributed by atoms with van der Waals surface area (Å²) in [4.78, 5) is 11.1. The number of aldehydes is 1. The molecule has 4 aromatic rings. The number of halogens is 1. The van der Waals surface area contributed by atoms with E-state index in [0.717, 1.165) is 51.0 Å². The molecule has 0 unspecified atom stereocenters. The third kappa shape index (κ3) is 3.45. The topological polar surface area (TPSA) is 34.4 Å². The molecule has 4 heteroatoms. The van der Waals surface area contributed by atoms with Crippen LogP contribution in [0.4, 0.5) is 4.39 Å². The Balaban J connectivity index is 2.14. The first-order chi connectivity index (χ1) is 14.5. The van der Waals surface area contributed by atoms with Crippen LogP contribution in [-0.2, 0) is 4.79 Å². The number of aryl methyl sites for hydroxylation is 1. The standard InChI is InChI=1S/C26H23FN2O/c1-17(2)24-22(10-7-15-30)25(20-11-13-21(27)14-12-20)28-29-18(3)16-23(26(24)29)19-8-5-4-6-9-19/h4-17H,1-3H3. The molecule has 0 aliphatic rings. The zero-order valence-electron chi connectivity index (χ0n) is 17.3. The molecule has 2 aromatic heterocycles. The van der Waals surface area contributed by atoms with Gasteiger partial charge in [0.1, 0.15) is 12.1 Å². The van der Waals surface area contributed by atoms with E-state index in [1.807, 2.05) is 35.7 Å². The van der Waals surface area contributed by atoms with Crippen LogP contribution in [0.3, 0.4) is 0 Å². The Labute approximate surface area is 175 Å². The van der Waals surface area contributed by atoms with E-state index in [9.17, 15) is 9.18 Å². The van der Waals surface area contributed by atoms with Crippen molar-refractivity contribution in [2.45, 2.75) is 26.7 Å². The molecule has 0 saturated heterocycles. The fourth-order valence-electron chi connectivity index (χ4n) is 3.97. The van der Waals surface area contributed by atoms with Crippen molar-refractivity contribution in [2.75, 3.05) is 0 Å². The Hall–Kier alpha value is -3.53. The van der Waals surface area contributed by atoms with Gasteiger partial charge >= 0.3 is 0 Å². The van der Waals surface area contributed by atoms with E-state index in [1.54, 1.807) is 12.1 Å². The van der Waals surface area contributed by atoms with Crippen molar-refractivity contribution in [1.82, 2.24) is 9.61 Å². The normalized spacial score (nSPS) is 11.6. The Morgan fingerprint density at radius 3 is 2.33 bits per heavy atom. The molecule has 4 rings (SSSR count). The first-order valence-electron chi connectivity index (χ1n) is 10.0. The summed E-state index contributed by atoms with van der Waals surface area (Å²) in [6.07, 6.45) is 4.07. The number of carbonyl (C=O) groups excluding carboxylic acids is 1. The summed E-state index contributed by atoms with van der Waals surface area (Å²) in [6, 6.07) is 18.7. The van der Waals surface area contributed by atoms with Gasteiger partial charge in [0.2, 0.25) is 0 Å². The van der Waals surface area contributed by atoms with E-state index in [-0.39, 0.29) is 11.7 Å². The third-order valence-electron chi connectivity index (χ3n) is 5.28. The molecule has 0 atom stereocenters. The average molecular weight is 398 g/mol. The second kappa shape index (κ2) is 8.07. The molecule has 3 nitrogen and oxygen atoms in total. The van der Waals surface area contributed by atoms with E-state index in [4.69, 9.17) is 5.10 Å². The highest BCUT2D eigenvalue weighted by atomic mass is 19.1. The molecule has 0 spiro atoms. The number of nitrogens with zero attached hydrogens (tertiary/aromatic N) is 2. The summed E-state index contributed by atoms with van der Waals surface area (Å²) in [6.45, 7) is 6.31. The van der Waals surface area contributed by atoms with Gasteiger partial charge in [-0.2, -0.15) is 5.10 Å². The van der Waals surface area contributed by atoms with Crippen molar-refractivity contribution in [3.8, 4) is 22.4 Å². The van der Waals surface area contributed by atoms with Crippen molar-refractivity contribution < 1.29 is 9.18 Å². The number of hydrogen-bond donors (Lipinski definition) is 0. The van der Waals surface area contributed by atoms with Crippen molar-refractivity contribution in [2.24, 2.45) is 0 Å². The lowest BCUT2D eigenvalue weighted by Gasteiger charge is -2.18. The third-order valence-corrected chi connectivity index (χ3v) is 5.28. The van der Waals surface area contributed by atoms with Gasteiger partial charge in [0.25, 0.3) is 0 Å². The van der Waals surface area contributed by atoms with Gasteiger partial charge in [-0.25, -0.2) is 8.91 Å². The fourth-order valence-corrected chi connectivity index (χ4v) is 3.97. The number of fused-ring (bicyclic) bond motifs is 1. The minimum atomic E-state index is -0.294. The van der Waals surface area contributed by atoms with Crippen molar-refractivity contribution in [3.05, 3.63) is 89.4 Å². The molecule has 2 heterocycles. The van der Waals surface area contributed by atoms with Crippen LogP contribution in [0.5, 0.6) is 0 Å². The summed E-state index contributed by atoms with van der Waals surface area (Å²) in [5, 5.41) is 4.94. The van der Waals surface area contributed by atoms with Crippen LogP contribution in [0, 0.1) is 12.7 Å². The molecule has 2 aromatic carbocycles. The fraction of sp³-hybridized carbons (Fsp3) is 0.154. The van der Waals surface area contributed by atoms with Gasteiger partial charge in [-0.1, -0.05) is 44.2 Å². The summed E-state index contributed by atoms with van der Waals surface area (Å²) in [5.74, 6) is -0.116. The minimum Gasteiger partial charge on any atom is -0.299 e. The maximum atomic E-state index is 13.5. The predicted molar refractivity (Wildman–Crippen MR) is 120 cm³/mol. The van der Waals surface area contributed by atoms with Crippen LogP contribution in [-0.4, -0.2) is 15.9 Å². The monoisotopic (exact) mass is 398 g/mol. The zero-order valence-corrected chi connectivity index (χ0v) is 17.3. The maximum absolute atomic E-state index is 13.5. The molecular weight excluding hydrogens is 375 g/mol. The van der Waals surface area contributed by atoms with Crippen LogP contribution in [0.25, 0.3) is 34.0 Å². The van der Waals surface area contributed by atoms with Gasteiger partial charge in [0.05, 0.1) is 11.2 Å². The van der Waals surface area contributed by atoms with Crippen LogP contribution >= 0.6 is 0 Å². The van der Waals surface area contributed by atoms with Crippen LogP contribution in [0.15, 0.2) is 66.7 Å². The second-order valence-electron chi connectivity index (χ2n) is 7.66. The van der Waals surface area contributed by atoms with E-state index in [0.29, 0.717) is 0 Å². The molecule has 30 heavy (non-hydrogen) atoms. The molecular formula is C26H23FN2O. The number of rotatable bonds is 5. The van der Waals surface area contributed by atoms with Crippen molar-refractivity contribution >= 4 is 17.9 Å². The van der Waals surface area contributed by atoms with Gasteiger partial charge in [-0.05, 0) is 66.5 Å². The smallest absolute Gasteiger partial charge is 0.142 e. The lowest BCUT2D eigenvalue weighted by atomic mass is 9.91. The number of aromatic nitrogens is 2. The first kappa shape index (κ1) is 19.8. The lowest BCUT2D eigenvalue weighted by Crippen LogP contribution is -2.06. The van der Waals surface area contributed by atoms with E-state index in [1.165, 1.54) is 18.2 Å². The quantitative estimate of drug-likeness (QED) is 0.286. The summed E-state index contributed by atoms with van der Waals surface area (Å²) >= 11 is 0. The SMILES string of the molecule is Cc1cc(-c2ccccc2)c2c(C(C)C)c(C=CC=O)c(-c3ccc(F)cc3)nn12. The lowest BCUT2D eigenvalue weighted by molar-refractivity contribution is -0.104. The zero-order chi connectivity index (χ0) is 21.3. The maximum Gasteiger partial charge on any atom is 0.142 e. The van der Waals surface area contributed by atoms with Gasteiger partial charge in [0.15, 0.2) is 0 Å². The van der Waals surface area contributed by atoms with Crippen LogP contribution in [0.2, 0.25) is 0 Å². The number of allylic oxidation sites excluding steroid dienone is 1. The van der Waals surface area contributed by atoms with Crippen LogP contribution < -0.4 is 0 Å². The van der Waals surface area contributed by atoms with E-state index < -0.39 is 0 Å². The Kier molecular flexibility index (Phi) is 5.32. The largest absolute Gasteiger partial charge is 0.299 e. The van der Waals surface area contributed by atoms with Gasteiger partial charge in [-0.15, -0.1) is 0 Å². The molecule has 0 radical (unpaired) electrons. The average Bonchev–Trinajstić information content (AvgIpc) is 3.08. The van der Waals surface area contributed by atoms with Gasteiger partial charge in [0, 0.05) is 22.4 Å². The molecule has 150 valence electrons. The first-order valence-corrected chi connectivity index (χ1v) is 10.0. The highest BCUT2D eigenvalue weighted by molar-refractivity contribution is 5.90. The Morgan fingerprint density at radius 2 is 1.70 bits per heavy atom. The summed E-state index contributed by atoms with van der Waals surface area (Å²) in [5.41, 5.74) is 7.79. The minimum absolute atomic E-state index is 0.178. The number of hydrogen-bond acceptors (Lipinski definition) is 2. The molecule has 0 amide bonds. The Morgan fingerprint density at radius 1 is 1.00 bits per heavy atom. The van der Waals surface area contributed by atoms with Gasteiger partial charge in [-0.3, -0.25) is 4.79 Å². The van der Waals surface area contributed by atoms with E-state index in [2.05, 4.69) is 32.0 Å². The highest BCUT2D eigenvalue weighted by Gasteiger charge is 2.22. The predicted octanol–water partition coefficient (Wildman–Crippen LogP) is 6.45. The second-order valence-corrected chi connectivity index (χ2v) is 7.66. The van der Waals surface area contributed by atoms with Crippen molar-refractivity contribution in [3.63, 3.8) is 0 Å². The molecule has 0 fully saturated rings. The highest BCUT2D eigenvalue weighted by Crippen LogP contribution is 2.38.